The molecule has 5 N–H and O–H groups in total. The summed E-state index contributed by atoms with van der Waals surface area (Å²) in [5.41, 5.74) is 9.65. The van der Waals surface area contributed by atoms with Crippen molar-refractivity contribution >= 4 is 11.7 Å². The van der Waals surface area contributed by atoms with Gasteiger partial charge in [0.25, 0.3) is 5.91 Å². The molecule has 1 saturated carbocycles. The molecule has 0 heterocycles. The number of hydrogen-bond donors (Lipinski definition) is 3. The smallest absolute Gasteiger partial charge is 0.371 e. The van der Waals surface area contributed by atoms with Gasteiger partial charge in [0.2, 0.25) is 5.92 Å². The van der Waals surface area contributed by atoms with Gasteiger partial charge in [0, 0.05) is 36.9 Å². The number of nitrogens with one attached hydrogen (secondary N) is 1. The first-order valence-corrected chi connectivity index (χ1v) is 10.1. The molecular weight excluding hydrogens is 464 g/mol. The van der Waals surface area contributed by atoms with Crippen LogP contribution in [-0.4, -0.2) is 42.0 Å². The van der Waals surface area contributed by atoms with Crippen molar-refractivity contribution in [2.75, 3.05) is 0 Å². The number of halogens is 8. The lowest BCUT2D eigenvalue weighted by atomic mass is 9.92. The molecule has 2 atom stereocenters. The van der Waals surface area contributed by atoms with E-state index >= 15 is 0 Å². The molecule has 1 aliphatic rings. The van der Waals surface area contributed by atoms with E-state index in [4.69, 9.17) is 11.5 Å². The lowest BCUT2D eigenvalue weighted by Gasteiger charge is -2.30. The molecule has 186 valence electrons. The van der Waals surface area contributed by atoms with Gasteiger partial charge in [-0.25, -0.2) is 8.78 Å². The molecule has 0 radical (unpaired) electrons. The van der Waals surface area contributed by atoms with Gasteiger partial charge < -0.3 is 16.8 Å². The van der Waals surface area contributed by atoms with Crippen LogP contribution in [0.25, 0.3) is 0 Å². The minimum absolute atomic E-state index is 0.0256. The largest absolute Gasteiger partial charge is 0.416 e. The number of hydrogen-bond acceptors (Lipinski definition) is 3. The minimum atomic E-state index is -4.69. The van der Waals surface area contributed by atoms with Crippen LogP contribution in [0.2, 0.25) is 0 Å². The highest BCUT2D eigenvalue weighted by Crippen LogP contribution is 2.33. The normalized spacial score (nSPS) is 19.8. The third kappa shape index (κ3) is 8.54. The van der Waals surface area contributed by atoms with Gasteiger partial charge in [0.05, 0.1) is 5.56 Å². The zero-order valence-electron chi connectivity index (χ0n) is 17.3. The zero-order valence-corrected chi connectivity index (χ0v) is 17.3. The number of carbonyl (C=O) groups is 1. The number of rotatable bonds is 6. The van der Waals surface area contributed by atoms with Crippen molar-refractivity contribution in [1.82, 2.24) is 5.32 Å². The molecule has 2 unspecified atom stereocenters. The number of nitrogens with zero attached hydrogens (tertiary/aromatic N) is 1. The van der Waals surface area contributed by atoms with Gasteiger partial charge in [-0.15, -0.1) is 0 Å². The molecule has 1 amide bonds. The topological polar surface area (TPSA) is 93.5 Å². The van der Waals surface area contributed by atoms with E-state index in [-0.39, 0.29) is 30.7 Å². The van der Waals surface area contributed by atoms with E-state index in [0.717, 1.165) is 12.1 Å². The van der Waals surface area contributed by atoms with Gasteiger partial charge in [0.1, 0.15) is 11.9 Å². The van der Waals surface area contributed by atoms with Crippen LogP contribution in [0.4, 0.5) is 35.1 Å². The average molecular weight is 488 g/mol. The van der Waals surface area contributed by atoms with Crippen LogP contribution in [0, 0.1) is 0 Å². The number of aliphatic imine (C=N–C) groups is 1. The fourth-order valence-electron chi connectivity index (χ4n) is 3.34. The Balaban J connectivity index is 2.17. The van der Waals surface area contributed by atoms with Crippen LogP contribution in [0.1, 0.15) is 54.4 Å². The van der Waals surface area contributed by atoms with Gasteiger partial charge in [-0.1, -0.05) is 0 Å². The quantitative estimate of drug-likeness (QED) is 0.314. The summed E-state index contributed by atoms with van der Waals surface area (Å²) >= 11 is 0. The molecule has 5 nitrogen and oxygen atoms in total. The predicted molar refractivity (Wildman–Crippen MR) is 105 cm³/mol. The maximum absolute atomic E-state index is 13.4. The van der Waals surface area contributed by atoms with Gasteiger partial charge in [-0.05, 0) is 43.5 Å². The van der Waals surface area contributed by atoms with Crippen LogP contribution in [-0.2, 0) is 6.18 Å². The summed E-state index contributed by atoms with van der Waals surface area (Å²) in [7, 11) is 0. The molecule has 0 spiro atoms. The molecule has 1 aromatic carbocycles. The van der Waals surface area contributed by atoms with Crippen molar-refractivity contribution in [3.8, 4) is 0 Å². The SMILES string of the molecule is NC(C/C(=N/C(=O)c1ccc(C(F)(F)F)cc1)NC1CCC(F)(F)CC1)CC(N)C(F)(F)F. The Bertz CT molecular complexity index is 826. The molecule has 1 aliphatic carbocycles. The molecule has 0 aromatic heterocycles. The summed E-state index contributed by atoms with van der Waals surface area (Å²) in [4.78, 5) is 16.2. The van der Waals surface area contributed by atoms with Crippen molar-refractivity contribution in [3.63, 3.8) is 0 Å². The summed E-state index contributed by atoms with van der Waals surface area (Å²) in [5.74, 6) is -3.93. The van der Waals surface area contributed by atoms with Crippen molar-refractivity contribution in [3.05, 3.63) is 35.4 Å². The van der Waals surface area contributed by atoms with Crippen molar-refractivity contribution < 1.29 is 39.9 Å². The van der Waals surface area contributed by atoms with Gasteiger partial charge in [0.15, 0.2) is 0 Å². The first-order valence-electron chi connectivity index (χ1n) is 10.1. The highest BCUT2D eigenvalue weighted by molar-refractivity contribution is 6.03. The van der Waals surface area contributed by atoms with Crippen molar-refractivity contribution in [2.24, 2.45) is 16.5 Å². The van der Waals surface area contributed by atoms with Gasteiger partial charge >= 0.3 is 12.4 Å². The Morgan fingerprint density at radius 2 is 1.61 bits per heavy atom. The predicted octanol–water partition coefficient (Wildman–Crippen LogP) is 4.41. The number of amides is 1. The summed E-state index contributed by atoms with van der Waals surface area (Å²) in [6, 6.07) is -0.710. The maximum atomic E-state index is 13.4. The van der Waals surface area contributed by atoms with E-state index in [9.17, 15) is 39.9 Å². The summed E-state index contributed by atoms with van der Waals surface area (Å²) in [6.07, 6.45) is -11.1. The molecular formula is C20H24F8N4O. The van der Waals surface area contributed by atoms with E-state index in [1.54, 1.807) is 0 Å². The van der Waals surface area contributed by atoms with E-state index in [1.165, 1.54) is 0 Å². The van der Waals surface area contributed by atoms with Crippen molar-refractivity contribution in [1.29, 1.82) is 0 Å². The van der Waals surface area contributed by atoms with Gasteiger partial charge in [-0.2, -0.15) is 31.3 Å². The lowest BCUT2D eigenvalue weighted by Crippen LogP contribution is -2.46. The highest BCUT2D eigenvalue weighted by Gasteiger charge is 2.38. The summed E-state index contributed by atoms with van der Waals surface area (Å²) in [6.45, 7) is 0. The lowest BCUT2D eigenvalue weighted by molar-refractivity contribution is -0.149. The van der Waals surface area contributed by atoms with E-state index < -0.39 is 67.1 Å². The molecule has 1 aromatic rings. The summed E-state index contributed by atoms with van der Waals surface area (Å²) < 4.78 is 103. The fraction of sp³-hybridized carbons (Fsp3) is 0.600. The second-order valence-corrected chi connectivity index (χ2v) is 8.06. The van der Waals surface area contributed by atoms with Crippen LogP contribution < -0.4 is 16.8 Å². The number of alkyl halides is 8. The standard InChI is InChI=1S/C20H24F8N4O/c21-18(22)7-5-14(6-8-18)31-16(10-13(29)9-15(30)20(26,27)28)32-17(33)11-1-3-12(4-2-11)19(23,24)25/h1-4,13-15H,5-10,29-30H2,(H,31,32,33). The number of nitrogens with two attached hydrogens (primary N) is 2. The number of amidine groups is 1. The van der Waals surface area contributed by atoms with Crippen LogP contribution in [0.3, 0.4) is 0 Å². The minimum Gasteiger partial charge on any atom is -0.371 e. The van der Waals surface area contributed by atoms with E-state index in [0.29, 0.717) is 12.1 Å². The fourth-order valence-corrected chi connectivity index (χ4v) is 3.34. The summed E-state index contributed by atoms with van der Waals surface area (Å²) in [5, 5.41) is 2.79. The van der Waals surface area contributed by atoms with Gasteiger partial charge in [-0.3, -0.25) is 4.79 Å². The molecule has 1 fully saturated rings. The van der Waals surface area contributed by atoms with Crippen LogP contribution >= 0.6 is 0 Å². The molecule has 13 heteroatoms. The molecule has 0 bridgehead atoms. The second kappa shape index (κ2) is 10.3. The first kappa shape index (κ1) is 27.0. The van der Waals surface area contributed by atoms with Crippen LogP contribution in [0.15, 0.2) is 29.3 Å². The second-order valence-electron chi connectivity index (χ2n) is 8.06. The Hall–Kier alpha value is -2.28. The maximum Gasteiger partial charge on any atom is 0.416 e. The Kier molecular flexibility index (Phi) is 8.44. The Labute approximate surface area is 184 Å². The molecule has 0 aliphatic heterocycles. The Morgan fingerprint density at radius 1 is 1.06 bits per heavy atom. The number of carbonyl (C=O) groups excluding carboxylic acids is 1. The van der Waals surface area contributed by atoms with E-state index in [2.05, 4.69) is 10.3 Å². The van der Waals surface area contributed by atoms with Crippen molar-refractivity contribution in [2.45, 2.75) is 74.9 Å². The molecule has 33 heavy (non-hydrogen) atoms. The average Bonchev–Trinajstić information content (AvgIpc) is 2.68. The third-order valence-corrected chi connectivity index (χ3v) is 5.22. The first-order chi connectivity index (χ1) is 15.1. The number of benzene rings is 1. The monoisotopic (exact) mass is 488 g/mol. The zero-order chi connectivity index (χ0) is 25.0. The third-order valence-electron chi connectivity index (χ3n) is 5.22. The molecule has 2 rings (SSSR count). The van der Waals surface area contributed by atoms with Crippen LogP contribution in [0.5, 0.6) is 0 Å². The highest BCUT2D eigenvalue weighted by atomic mass is 19.4. The van der Waals surface area contributed by atoms with E-state index in [1.807, 2.05) is 0 Å². The Morgan fingerprint density at radius 3 is 2.09 bits per heavy atom. The molecule has 0 saturated heterocycles.